The largest absolute Gasteiger partial charge is 0.394 e. The molecule has 1 amide bonds. The molecule has 0 aromatic rings. The van der Waals surface area contributed by atoms with Gasteiger partial charge in [0, 0.05) is 13.0 Å². The van der Waals surface area contributed by atoms with Crippen molar-refractivity contribution in [3.63, 3.8) is 0 Å². The van der Waals surface area contributed by atoms with Crippen LogP contribution >= 0.6 is 0 Å². The number of ether oxygens (including phenoxy) is 1. The van der Waals surface area contributed by atoms with E-state index in [4.69, 9.17) is 9.84 Å². The first-order valence-corrected chi connectivity index (χ1v) is 6.02. The molecule has 5 atom stereocenters. The Hall–Kier alpha value is -0.730. The van der Waals surface area contributed by atoms with E-state index in [1.807, 2.05) is 13.8 Å². The summed E-state index contributed by atoms with van der Waals surface area (Å²) in [6.45, 7) is 4.70. The fraction of sp³-hybridized carbons (Fsp3) is 0.909. The van der Waals surface area contributed by atoms with E-state index in [-0.39, 0.29) is 11.9 Å². The van der Waals surface area contributed by atoms with Crippen LogP contribution in [0.4, 0.5) is 0 Å². The zero-order chi connectivity index (χ0) is 13.9. The Bertz CT molecular complexity index is 287. The SMILES string of the molecule is CC(=O)NC1C(NC(C)C)OC(CO)C(O)C1O. The van der Waals surface area contributed by atoms with E-state index in [2.05, 4.69) is 10.6 Å². The molecule has 0 spiro atoms. The summed E-state index contributed by atoms with van der Waals surface area (Å²) in [7, 11) is 0. The van der Waals surface area contributed by atoms with Gasteiger partial charge in [-0.2, -0.15) is 0 Å². The third-order valence-electron chi connectivity index (χ3n) is 2.79. The Kier molecular flexibility index (Phi) is 5.48. The molecule has 7 nitrogen and oxygen atoms in total. The number of hydrogen-bond acceptors (Lipinski definition) is 6. The maximum Gasteiger partial charge on any atom is 0.217 e. The predicted molar refractivity (Wildman–Crippen MR) is 63.6 cm³/mol. The zero-order valence-electron chi connectivity index (χ0n) is 10.8. The highest BCUT2D eigenvalue weighted by Gasteiger charge is 2.44. The highest BCUT2D eigenvalue weighted by molar-refractivity contribution is 5.73. The van der Waals surface area contributed by atoms with Crippen LogP contribution in [-0.2, 0) is 9.53 Å². The number of carbonyl (C=O) groups excluding carboxylic acids is 1. The Labute approximate surface area is 106 Å². The van der Waals surface area contributed by atoms with Gasteiger partial charge >= 0.3 is 0 Å². The second kappa shape index (κ2) is 6.44. The summed E-state index contributed by atoms with van der Waals surface area (Å²) in [6.07, 6.45) is -3.97. The molecule has 0 aromatic heterocycles. The molecule has 5 unspecified atom stereocenters. The van der Waals surface area contributed by atoms with Gasteiger partial charge in [0.05, 0.1) is 12.6 Å². The molecule has 0 saturated carbocycles. The number of aliphatic hydroxyl groups is 3. The summed E-state index contributed by atoms with van der Waals surface area (Å²) in [4.78, 5) is 11.1. The molecule has 1 aliphatic heterocycles. The molecule has 1 heterocycles. The van der Waals surface area contributed by atoms with Gasteiger partial charge in [0.2, 0.25) is 5.91 Å². The molecule has 1 fully saturated rings. The van der Waals surface area contributed by atoms with Crippen molar-refractivity contribution in [3.05, 3.63) is 0 Å². The fourth-order valence-electron chi connectivity index (χ4n) is 1.98. The predicted octanol–water partition coefficient (Wildman–Crippen LogP) is -2.07. The van der Waals surface area contributed by atoms with Crippen molar-refractivity contribution < 1.29 is 24.9 Å². The van der Waals surface area contributed by atoms with Crippen molar-refractivity contribution in [3.8, 4) is 0 Å². The van der Waals surface area contributed by atoms with E-state index in [1.54, 1.807) is 0 Å². The average Bonchev–Trinajstić information content (AvgIpc) is 2.27. The molecular formula is C11H22N2O5. The van der Waals surface area contributed by atoms with Crippen LogP contribution in [0.15, 0.2) is 0 Å². The minimum absolute atomic E-state index is 0.0630. The van der Waals surface area contributed by atoms with E-state index in [1.165, 1.54) is 6.92 Å². The zero-order valence-corrected chi connectivity index (χ0v) is 10.8. The molecule has 1 saturated heterocycles. The van der Waals surface area contributed by atoms with Gasteiger partial charge in [-0.25, -0.2) is 0 Å². The molecule has 0 aromatic carbocycles. The lowest BCUT2D eigenvalue weighted by molar-refractivity contribution is -0.203. The lowest BCUT2D eigenvalue weighted by Crippen LogP contribution is -2.68. The smallest absolute Gasteiger partial charge is 0.217 e. The third kappa shape index (κ3) is 3.63. The molecule has 0 aliphatic carbocycles. The van der Waals surface area contributed by atoms with Gasteiger partial charge in [-0.3, -0.25) is 10.1 Å². The van der Waals surface area contributed by atoms with E-state index >= 15 is 0 Å². The molecular weight excluding hydrogens is 240 g/mol. The van der Waals surface area contributed by atoms with Crippen LogP contribution < -0.4 is 10.6 Å². The Morgan fingerprint density at radius 3 is 2.39 bits per heavy atom. The van der Waals surface area contributed by atoms with Crippen LogP contribution in [0.25, 0.3) is 0 Å². The highest BCUT2D eigenvalue weighted by Crippen LogP contribution is 2.20. The van der Waals surface area contributed by atoms with Crippen molar-refractivity contribution in [2.24, 2.45) is 0 Å². The molecule has 5 N–H and O–H groups in total. The number of hydrogen-bond donors (Lipinski definition) is 5. The molecule has 106 valence electrons. The average molecular weight is 262 g/mol. The first-order valence-electron chi connectivity index (χ1n) is 6.02. The van der Waals surface area contributed by atoms with Gasteiger partial charge in [-0.05, 0) is 13.8 Å². The second-order valence-corrected chi connectivity index (χ2v) is 4.81. The maximum absolute atomic E-state index is 11.1. The standard InChI is InChI=1S/C11H22N2O5/c1-5(2)12-11-8(13-6(3)15)10(17)9(16)7(4-14)18-11/h5,7-12,14,16-17H,4H2,1-3H3,(H,13,15). The van der Waals surface area contributed by atoms with Gasteiger partial charge in [-0.1, -0.05) is 0 Å². The van der Waals surface area contributed by atoms with Crippen LogP contribution in [0.1, 0.15) is 20.8 Å². The van der Waals surface area contributed by atoms with Crippen LogP contribution in [0.2, 0.25) is 0 Å². The lowest BCUT2D eigenvalue weighted by Gasteiger charge is -2.43. The second-order valence-electron chi connectivity index (χ2n) is 4.81. The summed E-state index contributed by atoms with van der Waals surface area (Å²) in [5, 5.41) is 34.4. The van der Waals surface area contributed by atoms with Crippen LogP contribution in [0.3, 0.4) is 0 Å². The van der Waals surface area contributed by atoms with Crippen molar-refractivity contribution in [1.82, 2.24) is 10.6 Å². The van der Waals surface area contributed by atoms with E-state index in [0.717, 1.165) is 0 Å². The van der Waals surface area contributed by atoms with Gasteiger partial charge in [0.25, 0.3) is 0 Å². The monoisotopic (exact) mass is 262 g/mol. The topological polar surface area (TPSA) is 111 Å². The van der Waals surface area contributed by atoms with Gasteiger partial charge in [0.1, 0.15) is 24.5 Å². The summed E-state index contributed by atoms with van der Waals surface area (Å²) in [5.74, 6) is -0.326. The number of amides is 1. The number of carbonyl (C=O) groups is 1. The Morgan fingerprint density at radius 2 is 1.94 bits per heavy atom. The maximum atomic E-state index is 11.1. The number of nitrogens with one attached hydrogen (secondary N) is 2. The fourth-order valence-corrected chi connectivity index (χ4v) is 1.98. The molecule has 1 aliphatic rings. The van der Waals surface area contributed by atoms with E-state index in [0.29, 0.717) is 0 Å². The first kappa shape index (κ1) is 15.3. The Morgan fingerprint density at radius 1 is 1.33 bits per heavy atom. The van der Waals surface area contributed by atoms with Crippen molar-refractivity contribution >= 4 is 5.91 Å². The molecule has 0 radical (unpaired) electrons. The van der Waals surface area contributed by atoms with Crippen LogP contribution in [0.5, 0.6) is 0 Å². The third-order valence-corrected chi connectivity index (χ3v) is 2.79. The number of aliphatic hydroxyl groups excluding tert-OH is 3. The van der Waals surface area contributed by atoms with Crippen LogP contribution in [0, 0.1) is 0 Å². The summed E-state index contributed by atoms with van der Waals surface area (Å²) >= 11 is 0. The summed E-state index contributed by atoms with van der Waals surface area (Å²) in [6, 6.07) is -0.698. The number of rotatable bonds is 4. The molecule has 18 heavy (non-hydrogen) atoms. The van der Waals surface area contributed by atoms with E-state index in [9.17, 15) is 15.0 Å². The molecule has 0 bridgehead atoms. The molecule has 7 heteroatoms. The minimum Gasteiger partial charge on any atom is -0.394 e. The quantitative estimate of drug-likeness (QED) is 0.398. The van der Waals surface area contributed by atoms with Crippen molar-refractivity contribution in [2.45, 2.75) is 57.4 Å². The molecule has 1 rings (SSSR count). The van der Waals surface area contributed by atoms with Gasteiger partial charge in [-0.15, -0.1) is 0 Å². The van der Waals surface area contributed by atoms with Crippen molar-refractivity contribution in [1.29, 1.82) is 0 Å². The van der Waals surface area contributed by atoms with Gasteiger partial charge < -0.3 is 25.4 Å². The van der Waals surface area contributed by atoms with Crippen molar-refractivity contribution in [2.75, 3.05) is 6.61 Å². The first-order chi connectivity index (χ1) is 8.36. The Balaban J connectivity index is 2.83. The van der Waals surface area contributed by atoms with Gasteiger partial charge in [0.15, 0.2) is 0 Å². The normalized spacial score (nSPS) is 36.7. The lowest BCUT2D eigenvalue weighted by atomic mass is 9.95. The van der Waals surface area contributed by atoms with Crippen LogP contribution in [-0.4, -0.2) is 64.5 Å². The highest BCUT2D eigenvalue weighted by atomic mass is 16.5. The summed E-state index contributed by atoms with van der Waals surface area (Å²) in [5.41, 5.74) is 0. The minimum atomic E-state index is -1.24. The van der Waals surface area contributed by atoms with E-state index < -0.39 is 37.2 Å². The summed E-state index contributed by atoms with van der Waals surface area (Å²) < 4.78 is 5.46.